The highest BCUT2D eigenvalue weighted by Crippen LogP contribution is 2.15. The average molecular weight is 242 g/mol. The number of primary amides is 1. The molecule has 0 fully saturated rings. The quantitative estimate of drug-likeness (QED) is 0.584. The number of nitrogens with one attached hydrogen (secondary N) is 1. The fourth-order valence-electron chi connectivity index (χ4n) is 1.75. The van der Waals surface area contributed by atoms with Crippen LogP contribution in [0.25, 0.3) is 0 Å². The van der Waals surface area contributed by atoms with Crippen molar-refractivity contribution >= 4 is 11.6 Å². The molecule has 0 spiro atoms. The largest absolute Gasteiger partial charge is 0.366 e. The zero-order valence-corrected chi connectivity index (χ0v) is 10.6. The fourth-order valence-corrected chi connectivity index (χ4v) is 1.75. The first-order valence-electron chi connectivity index (χ1n) is 5.88. The summed E-state index contributed by atoms with van der Waals surface area (Å²) < 4.78 is 0. The Morgan fingerprint density at radius 1 is 1.39 bits per heavy atom. The molecule has 0 bridgehead atoms. The van der Waals surface area contributed by atoms with Crippen LogP contribution >= 0.6 is 0 Å². The number of nitrogens with two attached hydrogens (primary N) is 1. The minimum absolute atomic E-state index is 0.379. The fraction of sp³-hybridized carbons (Fsp3) is 0.200. The third-order valence-electron chi connectivity index (χ3n) is 2.63. The maximum absolute atomic E-state index is 11.3. The first kappa shape index (κ1) is 13.9. The smallest absolute Gasteiger partial charge is 0.249 e. The van der Waals surface area contributed by atoms with Crippen LogP contribution in [0.2, 0.25) is 0 Å². The zero-order chi connectivity index (χ0) is 13.5. The number of carbonyl (C=O) groups is 1. The second-order valence-corrected chi connectivity index (χ2v) is 3.96. The van der Waals surface area contributed by atoms with Gasteiger partial charge in [0.05, 0.1) is 0 Å². The molecule has 0 heterocycles. The van der Waals surface area contributed by atoms with Crippen molar-refractivity contribution in [3.63, 3.8) is 0 Å². The lowest BCUT2D eigenvalue weighted by molar-refractivity contribution is 0.1000. The molecule has 18 heavy (non-hydrogen) atoms. The van der Waals surface area contributed by atoms with Crippen LogP contribution in [0, 0.1) is 5.41 Å². The summed E-state index contributed by atoms with van der Waals surface area (Å²) in [6, 6.07) is 6.93. The normalized spacial score (nSPS) is 11.1. The van der Waals surface area contributed by atoms with E-state index in [1.165, 1.54) is 0 Å². The van der Waals surface area contributed by atoms with Crippen LogP contribution in [-0.2, 0) is 0 Å². The first-order chi connectivity index (χ1) is 8.60. The van der Waals surface area contributed by atoms with Gasteiger partial charge in [0.15, 0.2) is 0 Å². The van der Waals surface area contributed by atoms with Crippen molar-refractivity contribution in [1.29, 1.82) is 5.41 Å². The van der Waals surface area contributed by atoms with Crippen molar-refractivity contribution in [3.05, 3.63) is 59.7 Å². The van der Waals surface area contributed by atoms with Gasteiger partial charge in [-0.3, -0.25) is 4.79 Å². The molecule has 94 valence electrons. The summed E-state index contributed by atoms with van der Waals surface area (Å²) in [5.41, 5.74) is 7.65. The van der Waals surface area contributed by atoms with E-state index in [-0.39, 0.29) is 0 Å². The van der Waals surface area contributed by atoms with E-state index in [4.69, 9.17) is 11.1 Å². The van der Waals surface area contributed by atoms with Gasteiger partial charge < -0.3 is 11.1 Å². The second kappa shape index (κ2) is 6.55. The number of hydrogen-bond acceptors (Lipinski definition) is 2. The summed E-state index contributed by atoms with van der Waals surface area (Å²) in [6.07, 6.45) is 5.12. The summed E-state index contributed by atoms with van der Waals surface area (Å²) >= 11 is 0. The molecule has 0 aliphatic heterocycles. The van der Waals surface area contributed by atoms with Crippen LogP contribution in [0.5, 0.6) is 0 Å². The van der Waals surface area contributed by atoms with E-state index in [9.17, 15) is 4.79 Å². The molecule has 1 amide bonds. The monoisotopic (exact) mass is 242 g/mol. The molecule has 0 atom stereocenters. The summed E-state index contributed by atoms with van der Waals surface area (Å²) in [4.78, 5) is 11.3. The van der Waals surface area contributed by atoms with E-state index >= 15 is 0 Å². The molecule has 0 unspecified atom stereocenters. The molecule has 0 aromatic heterocycles. The molecule has 3 nitrogen and oxygen atoms in total. The summed E-state index contributed by atoms with van der Waals surface area (Å²) in [5, 5.41) is 8.08. The van der Waals surface area contributed by atoms with Crippen LogP contribution in [-0.4, -0.2) is 11.6 Å². The van der Waals surface area contributed by atoms with Gasteiger partial charge in [-0.15, -0.1) is 0 Å². The third kappa shape index (κ3) is 3.42. The van der Waals surface area contributed by atoms with Crippen LogP contribution in [0.1, 0.15) is 35.7 Å². The van der Waals surface area contributed by atoms with E-state index in [0.717, 1.165) is 12.0 Å². The number of benzene rings is 1. The lowest BCUT2D eigenvalue weighted by Gasteiger charge is -2.08. The number of carbonyl (C=O) groups excluding carboxylic acids is 1. The molecule has 1 aromatic rings. The van der Waals surface area contributed by atoms with Crippen molar-refractivity contribution in [2.75, 3.05) is 0 Å². The van der Waals surface area contributed by atoms with Crippen molar-refractivity contribution in [2.45, 2.75) is 19.8 Å². The van der Waals surface area contributed by atoms with Gasteiger partial charge in [0.2, 0.25) is 5.91 Å². The molecule has 1 aromatic carbocycles. The second-order valence-electron chi connectivity index (χ2n) is 3.96. The summed E-state index contributed by atoms with van der Waals surface area (Å²) in [6.45, 7) is 5.76. The Hall–Kier alpha value is -2.16. The Morgan fingerprint density at radius 2 is 2.00 bits per heavy atom. The van der Waals surface area contributed by atoms with Crippen LogP contribution in [0.3, 0.4) is 0 Å². The van der Waals surface area contributed by atoms with Gasteiger partial charge in [0.25, 0.3) is 0 Å². The first-order valence-corrected chi connectivity index (χ1v) is 5.88. The lowest BCUT2D eigenvalue weighted by atomic mass is 9.97. The molecule has 3 heteroatoms. The van der Waals surface area contributed by atoms with Gasteiger partial charge in [-0.2, -0.15) is 0 Å². The van der Waals surface area contributed by atoms with E-state index in [1.54, 1.807) is 30.3 Å². The van der Waals surface area contributed by atoms with Crippen molar-refractivity contribution in [2.24, 2.45) is 5.73 Å². The molecule has 0 aliphatic carbocycles. The average Bonchev–Trinajstić information content (AvgIpc) is 2.38. The standard InChI is InChI=1S/C15H18N2O/c1-3-7-11(4-2)10-14(16)12-8-5-6-9-13(12)15(17)18/h4-9,16H,2-3,10H2,1H3,(H2,17,18)/b11-7+,16-14?. The number of rotatable bonds is 6. The zero-order valence-electron chi connectivity index (χ0n) is 10.6. The van der Waals surface area contributed by atoms with Gasteiger partial charge in [-0.25, -0.2) is 0 Å². The molecule has 0 saturated heterocycles. The summed E-state index contributed by atoms with van der Waals surface area (Å²) in [7, 11) is 0. The van der Waals surface area contributed by atoms with E-state index in [2.05, 4.69) is 6.58 Å². The van der Waals surface area contributed by atoms with Crippen LogP contribution in [0.15, 0.2) is 48.6 Å². The predicted molar refractivity (Wildman–Crippen MR) is 75.0 cm³/mol. The van der Waals surface area contributed by atoms with Gasteiger partial charge in [-0.1, -0.05) is 43.9 Å². The van der Waals surface area contributed by atoms with Gasteiger partial charge >= 0.3 is 0 Å². The molecular weight excluding hydrogens is 224 g/mol. The highest BCUT2D eigenvalue weighted by Gasteiger charge is 2.11. The van der Waals surface area contributed by atoms with Crippen molar-refractivity contribution < 1.29 is 4.79 Å². The number of allylic oxidation sites excluding steroid dienone is 3. The summed E-state index contributed by atoms with van der Waals surface area (Å²) in [5.74, 6) is -0.505. The minimum atomic E-state index is -0.505. The number of amides is 1. The molecule has 0 saturated carbocycles. The Balaban J connectivity index is 3.01. The molecular formula is C15H18N2O. The number of hydrogen-bond donors (Lipinski definition) is 2. The molecule has 1 rings (SSSR count). The Labute approximate surface area is 108 Å². The Bertz CT molecular complexity index is 501. The maximum atomic E-state index is 11.3. The third-order valence-corrected chi connectivity index (χ3v) is 2.63. The van der Waals surface area contributed by atoms with Crippen molar-refractivity contribution in [3.8, 4) is 0 Å². The SMILES string of the molecule is C=C/C(=C\CC)CC(=N)c1ccccc1C(N)=O. The van der Waals surface area contributed by atoms with Gasteiger partial charge in [-0.05, 0) is 18.1 Å². The van der Waals surface area contributed by atoms with Gasteiger partial charge in [0, 0.05) is 23.3 Å². The van der Waals surface area contributed by atoms with Gasteiger partial charge in [0.1, 0.15) is 0 Å². The molecule has 0 aliphatic rings. The van der Waals surface area contributed by atoms with Crippen molar-refractivity contribution in [1.82, 2.24) is 0 Å². The highest BCUT2D eigenvalue weighted by atomic mass is 16.1. The molecule has 3 N–H and O–H groups in total. The maximum Gasteiger partial charge on any atom is 0.249 e. The lowest BCUT2D eigenvalue weighted by Crippen LogP contribution is -2.16. The Kier molecular flexibility index (Phi) is 5.06. The van der Waals surface area contributed by atoms with E-state index in [0.29, 0.717) is 23.3 Å². The predicted octanol–water partition coefficient (Wildman–Crippen LogP) is 3.07. The highest BCUT2D eigenvalue weighted by molar-refractivity contribution is 6.09. The van der Waals surface area contributed by atoms with Crippen LogP contribution in [0.4, 0.5) is 0 Å². The Morgan fingerprint density at radius 3 is 2.50 bits per heavy atom. The van der Waals surface area contributed by atoms with Crippen LogP contribution < -0.4 is 5.73 Å². The van der Waals surface area contributed by atoms with E-state index < -0.39 is 5.91 Å². The topological polar surface area (TPSA) is 66.9 Å². The molecule has 0 radical (unpaired) electrons. The van der Waals surface area contributed by atoms with E-state index in [1.807, 2.05) is 13.0 Å². The minimum Gasteiger partial charge on any atom is -0.366 e.